The van der Waals surface area contributed by atoms with Crippen LogP contribution in [0.4, 0.5) is 4.39 Å². The van der Waals surface area contributed by atoms with Crippen molar-refractivity contribution in [3.8, 4) is 0 Å². The van der Waals surface area contributed by atoms with Gasteiger partial charge >= 0.3 is 0 Å². The zero-order chi connectivity index (χ0) is 11.1. The fourth-order valence-electron chi connectivity index (χ4n) is 2.31. The van der Waals surface area contributed by atoms with Gasteiger partial charge in [-0.2, -0.15) is 0 Å². The number of amides is 1. The average molecular weight is 218 g/mol. The number of rotatable bonds is 1. The van der Waals surface area contributed by atoms with Crippen LogP contribution in [0, 0.1) is 5.82 Å². The normalized spacial score (nSPS) is 20.3. The van der Waals surface area contributed by atoms with E-state index in [9.17, 15) is 9.18 Å². The Balaban J connectivity index is 2.13. The van der Waals surface area contributed by atoms with Gasteiger partial charge in [0.05, 0.1) is 0 Å². The van der Waals surface area contributed by atoms with Crippen LogP contribution in [-0.2, 0) is 4.79 Å². The van der Waals surface area contributed by atoms with E-state index in [0.29, 0.717) is 18.4 Å². The number of hydrogen-bond donors (Lipinski definition) is 2. The summed E-state index contributed by atoms with van der Waals surface area (Å²) in [4.78, 5) is 14.2. The molecule has 0 aliphatic carbocycles. The van der Waals surface area contributed by atoms with Crippen molar-refractivity contribution in [1.82, 2.24) is 10.3 Å². The topological polar surface area (TPSA) is 44.9 Å². The van der Waals surface area contributed by atoms with Crippen LogP contribution in [0.25, 0.3) is 10.9 Å². The van der Waals surface area contributed by atoms with Crippen molar-refractivity contribution in [2.24, 2.45) is 0 Å². The summed E-state index contributed by atoms with van der Waals surface area (Å²) < 4.78 is 13.7. The number of fused-ring (bicyclic) bond motifs is 1. The molecule has 0 spiro atoms. The smallest absolute Gasteiger partial charge is 0.220 e. The molecule has 2 aromatic rings. The lowest BCUT2D eigenvalue weighted by molar-refractivity contribution is -0.119. The van der Waals surface area contributed by atoms with E-state index in [1.165, 1.54) is 6.07 Å². The molecule has 0 bridgehead atoms. The summed E-state index contributed by atoms with van der Waals surface area (Å²) in [5.74, 6) is -0.109. The Morgan fingerprint density at radius 2 is 2.25 bits per heavy atom. The first-order valence-corrected chi connectivity index (χ1v) is 5.28. The molecule has 1 aromatic carbocycles. The summed E-state index contributed by atoms with van der Waals surface area (Å²) in [7, 11) is 0. The Labute approximate surface area is 91.7 Å². The van der Waals surface area contributed by atoms with Gasteiger partial charge in [-0.3, -0.25) is 4.79 Å². The minimum Gasteiger partial charge on any atom is -0.361 e. The SMILES string of the molecule is O=C1CC(c2c[nH]c3cccc(F)c23)CN1. The first kappa shape index (κ1) is 9.39. The number of benzene rings is 1. The third-order valence-electron chi connectivity index (χ3n) is 3.10. The molecule has 82 valence electrons. The second-order valence-corrected chi connectivity index (χ2v) is 4.11. The first-order chi connectivity index (χ1) is 7.75. The fourth-order valence-corrected chi connectivity index (χ4v) is 2.31. The number of halogens is 1. The molecule has 1 aliphatic heterocycles. The van der Waals surface area contributed by atoms with Gasteiger partial charge in [-0.05, 0) is 17.7 Å². The molecule has 16 heavy (non-hydrogen) atoms. The summed E-state index contributed by atoms with van der Waals surface area (Å²) in [6, 6.07) is 4.96. The van der Waals surface area contributed by atoms with Gasteiger partial charge < -0.3 is 10.3 Å². The number of H-pyrrole nitrogens is 1. The highest BCUT2D eigenvalue weighted by molar-refractivity contribution is 5.87. The lowest BCUT2D eigenvalue weighted by Gasteiger charge is -2.05. The van der Waals surface area contributed by atoms with E-state index in [1.807, 2.05) is 6.07 Å². The molecule has 0 saturated carbocycles. The maximum Gasteiger partial charge on any atom is 0.220 e. The molecular weight excluding hydrogens is 207 g/mol. The van der Waals surface area contributed by atoms with Gasteiger partial charge in [0.2, 0.25) is 5.91 Å². The third-order valence-corrected chi connectivity index (χ3v) is 3.10. The molecule has 1 saturated heterocycles. The van der Waals surface area contributed by atoms with Crippen LogP contribution in [0.15, 0.2) is 24.4 Å². The maximum atomic E-state index is 13.7. The van der Waals surface area contributed by atoms with E-state index in [4.69, 9.17) is 0 Å². The van der Waals surface area contributed by atoms with Crippen LogP contribution < -0.4 is 5.32 Å². The van der Waals surface area contributed by atoms with Crippen molar-refractivity contribution >= 4 is 16.8 Å². The van der Waals surface area contributed by atoms with Gasteiger partial charge in [-0.15, -0.1) is 0 Å². The van der Waals surface area contributed by atoms with Crippen molar-refractivity contribution in [1.29, 1.82) is 0 Å². The minimum atomic E-state index is -0.229. The summed E-state index contributed by atoms with van der Waals surface area (Å²) in [5.41, 5.74) is 1.68. The van der Waals surface area contributed by atoms with Gasteiger partial charge in [0.1, 0.15) is 5.82 Å². The molecule has 1 amide bonds. The molecule has 3 nitrogen and oxygen atoms in total. The lowest BCUT2D eigenvalue weighted by atomic mass is 9.97. The van der Waals surface area contributed by atoms with E-state index >= 15 is 0 Å². The monoisotopic (exact) mass is 218 g/mol. The molecule has 0 radical (unpaired) electrons. The largest absolute Gasteiger partial charge is 0.361 e. The van der Waals surface area contributed by atoms with Gasteiger partial charge in [-0.25, -0.2) is 4.39 Å². The second kappa shape index (κ2) is 3.33. The van der Waals surface area contributed by atoms with Crippen molar-refractivity contribution in [3.05, 3.63) is 35.8 Å². The van der Waals surface area contributed by atoms with Gasteiger partial charge in [0, 0.05) is 36.0 Å². The average Bonchev–Trinajstić information content (AvgIpc) is 2.84. The van der Waals surface area contributed by atoms with E-state index in [-0.39, 0.29) is 17.6 Å². The molecule has 1 fully saturated rings. The maximum absolute atomic E-state index is 13.7. The Kier molecular flexibility index (Phi) is 1.96. The minimum absolute atomic E-state index is 0.0377. The molecule has 1 aromatic heterocycles. The standard InChI is InChI=1S/C12H11FN2O/c13-9-2-1-3-10-12(9)8(6-14-10)7-4-11(16)15-5-7/h1-3,6-7,14H,4-5H2,(H,15,16). The van der Waals surface area contributed by atoms with Crippen molar-refractivity contribution in [2.45, 2.75) is 12.3 Å². The van der Waals surface area contributed by atoms with Gasteiger partial charge in [-0.1, -0.05) is 6.07 Å². The molecule has 1 aliphatic rings. The highest BCUT2D eigenvalue weighted by atomic mass is 19.1. The van der Waals surface area contributed by atoms with E-state index in [1.54, 1.807) is 12.3 Å². The van der Waals surface area contributed by atoms with Crippen LogP contribution in [0.3, 0.4) is 0 Å². The summed E-state index contributed by atoms with van der Waals surface area (Å²) in [6.07, 6.45) is 2.25. The van der Waals surface area contributed by atoms with Crippen molar-refractivity contribution in [2.75, 3.05) is 6.54 Å². The number of aromatic nitrogens is 1. The number of nitrogens with one attached hydrogen (secondary N) is 2. The Hall–Kier alpha value is -1.84. The lowest BCUT2D eigenvalue weighted by Crippen LogP contribution is -2.13. The van der Waals surface area contributed by atoms with Gasteiger partial charge in [0.15, 0.2) is 0 Å². The zero-order valence-electron chi connectivity index (χ0n) is 8.59. The quantitative estimate of drug-likeness (QED) is 0.754. The summed E-state index contributed by atoms with van der Waals surface area (Å²) in [6.45, 7) is 0.597. The fraction of sp³-hybridized carbons (Fsp3) is 0.250. The summed E-state index contributed by atoms with van der Waals surface area (Å²) >= 11 is 0. The summed E-state index contributed by atoms with van der Waals surface area (Å²) in [5, 5.41) is 3.38. The number of carbonyl (C=O) groups is 1. The number of hydrogen-bond acceptors (Lipinski definition) is 1. The second-order valence-electron chi connectivity index (χ2n) is 4.11. The highest BCUT2D eigenvalue weighted by Crippen LogP contribution is 2.31. The molecule has 2 N–H and O–H groups in total. The van der Waals surface area contributed by atoms with Crippen LogP contribution >= 0.6 is 0 Å². The predicted molar refractivity (Wildman–Crippen MR) is 58.6 cm³/mol. The van der Waals surface area contributed by atoms with Crippen LogP contribution in [-0.4, -0.2) is 17.4 Å². The molecular formula is C12H11FN2O. The Morgan fingerprint density at radius 1 is 1.38 bits per heavy atom. The highest BCUT2D eigenvalue weighted by Gasteiger charge is 2.26. The Bertz CT molecular complexity index is 561. The first-order valence-electron chi connectivity index (χ1n) is 5.28. The van der Waals surface area contributed by atoms with Crippen LogP contribution in [0.1, 0.15) is 17.9 Å². The van der Waals surface area contributed by atoms with Crippen molar-refractivity contribution in [3.63, 3.8) is 0 Å². The van der Waals surface area contributed by atoms with Crippen LogP contribution in [0.2, 0.25) is 0 Å². The van der Waals surface area contributed by atoms with E-state index < -0.39 is 0 Å². The predicted octanol–water partition coefficient (Wildman–Crippen LogP) is 1.91. The molecule has 2 heterocycles. The molecule has 1 atom stereocenters. The number of carbonyl (C=O) groups excluding carboxylic acids is 1. The zero-order valence-corrected chi connectivity index (χ0v) is 8.59. The van der Waals surface area contributed by atoms with Crippen LogP contribution in [0.5, 0.6) is 0 Å². The van der Waals surface area contributed by atoms with Gasteiger partial charge in [0.25, 0.3) is 0 Å². The third kappa shape index (κ3) is 1.30. The Morgan fingerprint density at radius 3 is 3.00 bits per heavy atom. The number of aromatic amines is 1. The van der Waals surface area contributed by atoms with E-state index in [0.717, 1.165) is 11.1 Å². The molecule has 3 rings (SSSR count). The molecule has 4 heteroatoms. The van der Waals surface area contributed by atoms with E-state index in [2.05, 4.69) is 10.3 Å². The molecule has 1 unspecified atom stereocenters. The van der Waals surface area contributed by atoms with Crippen molar-refractivity contribution < 1.29 is 9.18 Å².